The third kappa shape index (κ3) is 3.41. The van der Waals surface area contributed by atoms with Crippen LogP contribution in [-0.2, 0) is 0 Å². The first-order valence-electron chi connectivity index (χ1n) is 7.64. The minimum absolute atomic E-state index is 0.539. The predicted octanol–water partition coefficient (Wildman–Crippen LogP) is 3.15. The standard InChI is InChI=1S/C15H23ClN4/c1-10(2)20-6-5-11(9-20)8-17-14-7-13(16)18-15(19-14)12-3-4-12/h7,10-12H,3-6,8-9H2,1-2H3,(H,17,18,19). The van der Waals surface area contributed by atoms with Gasteiger partial charge in [0.05, 0.1) is 0 Å². The van der Waals surface area contributed by atoms with Gasteiger partial charge in [0.1, 0.15) is 16.8 Å². The highest BCUT2D eigenvalue weighted by Gasteiger charge is 2.28. The van der Waals surface area contributed by atoms with E-state index in [0.717, 1.165) is 18.2 Å². The van der Waals surface area contributed by atoms with E-state index in [-0.39, 0.29) is 0 Å². The van der Waals surface area contributed by atoms with Gasteiger partial charge in [-0.3, -0.25) is 0 Å². The van der Waals surface area contributed by atoms with Crippen LogP contribution in [0.1, 0.15) is 44.9 Å². The van der Waals surface area contributed by atoms with Crippen LogP contribution >= 0.6 is 11.6 Å². The van der Waals surface area contributed by atoms with Crippen molar-refractivity contribution in [2.24, 2.45) is 5.92 Å². The zero-order valence-electron chi connectivity index (χ0n) is 12.3. The lowest BCUT2D eigenvalue weighted by molar-refractivity contribution is 0.266. The van der Waals surface area contributed by atoms with E-state index in [1.165, 1.54) is 32.4 Å². The largest absolute Gasteiger partial charge is 0.370 e. The molecule has 1 saturated heterocycles. The van der Waals surface area contributed by atoms with Gasteiger partial charge in [0.15, 0.2) is 0 Å². The fourth-order valence-corrected chi connectivity index (χ4v) is 2.99. The summed E-state index contributed by atoms with van der Waals surface area (Å²) in [6.45, 7) is 7.89. The zero-order chi connectivity index (χ0) is 14.1. The van der Waals surface area contributed by atoms with E-state index in [1.54, 1.807) is 0 Å². The molecule has 110 valence electrons. The molecule has 2 fully saturated rings. The van der Waals surface area contributed by atoms with Crippen molar-refractivity contribution in [3.05, 3.63) is 17.0 Å². The Labute approximate surface area is 125 Å². The number of nitrogens with one attached hydrogen (secondary N) is 1. The highest BCUT2D eigenvalue weighted by Crippen LogP contribution is 2.38. The Morgan fingerprint density at radius 2 is 2.15 bits per heavy atom. The highest BCUT2D eigenvalue weighted by molar-refractivity contribution is 6.29. The maximum absolute atomic E-state index is 6.08. The van der Waals surface area contributed by atoms with Gasteiger partial charge in [-0.15, -0.1) is 0 Å². The molecule has 2 aliphatic rings. The maximum atomic E-state index is 6.08. The van der Waals surface area contributed by atoms with Crippen molar-refractivity contribution in [2.45, 2.75) is 45.1 Å². The molecule has 1 atom stereocenters. The van der Waals surface area contributed by atoms with Crippen LogP contribution in [0.5, 0.6) is 0 Å². The molecule has 1 aliphatic carbocycles. The molecule has 5 heteroatoms. The molecular formula is C15H23ClN4. The number of hydrogen-bond donors (Lipinski definition) is 1. The average molecular weight is 295 g/mol. The molecule has 1 aliphatic heterocycles. The van der Waals surface area contributed by atoms with Crippen LogP contribution in [-0.4, -0.2) is 40.5 Å². The summed E-state index contributed by atoms with van der Waals surface area (Å²) in [6.07, 6.45) is 3.66. The van der Waals surface area contributed by atoms with Crippen molar-refractivity contribution in [2.75, 3.05) is 25.0 Å². The van der Waals surface area contributed by atoms with Crippen molar-refractivity contribution >= 4 is 17.4 Å². The lowest BCUT2D eigenvalue weighted by Gasteiger charge is -2.20. The van der Waals surface area contributed by atoms with Gasteiger partial charge in [-0.25, -0.2) is 9.97 Å². The number of anilines is 1. The molecule has 1 unspecified atom stereocenters. The Balaban J connectivity index is 1.56. The van der Waals surface area contributed by atoms with Crippen molar-refractivity contribution < 1.29 is 0 Å². The van der Waals surface area contributed by atoms with E-state index in [1.807, 2.05) is 6.07 Å². The van der Waals surface area contributed by atoms with E-state index in [2.05, 4.69) is 34.0 Å². The summed E-state index contributed by atoms with van der Waals surface area (Å²) in [7, 11) is 0. The van der Waals surface area contributed by atoms with Gasteiger partial charge in [-0.1, -0.05) is 11.6 Å². The van der Waals surface area contributed by atoms with E-state index in [4.69, 9.17) is 11.6 Å². The van der Waals surface area contributed by atoms with Gasteiger partial charge in [0.25, 0.3) is 0 Å². The number of halogens is 1. The van der Waals surface area contributed by atoms with Gasteiger partial charge < -0.3 is 10.2 Å². The molecule has 20 heavy (non-hydrogen) atoms. The summed E-state index contributed by atoms with van der Waals surface area (Å²) >= 11 is 6.08. The van der Waals surface area contributed by atoms with Crippen LogP contribution in [0.3, 0.4) is 0 Å². The number of hydrogen-bond acceptors (Lipinski definition) is 4. The van der Waals surface area contributed by atoms with Crippen molar-refractivity contribution in [3.63, 3.8) is 0 Å². The molecule has 0 bridgehead atoms. The lowest BCUT2D eigenvalue weighted by atomic mass is 10.1. The van der Waals surface area contributed by atoms with E-state index in [9.17, 15) is 0 Å². The second-order valence-corrected chi connectivity index (χ2v) is 6.72. The first-order valence-corrected chi connectivity index (χ1v) is 8.02. The highest BCUT2D eigenvalue weighted by atomic mass is 35.5. The van der Waals surface area contributed by atoms with Crippen LogP contribution in [0.2, 0.25) is 5.15 Å². The topological polar surface area (TPSA) is 41.0 Å². The third-order valence-electron chi connectivity index (χ3n) is 4.27. The van der Waals surface area contributed by atoms with Crippen LogP contribution in [0.25, 0.3) is 0 Å². The summed E-state index contributed by atoms with van der Waals surface area (Å²) < 4.78 is 0. The van der Waals surface area contributed by atoms with E-state index in [0.29, 0.717) is 23.0 Å². The number of aromatic nitrogens is 2. The summed E-state index contributed by atoms with van der Waals surface area (Å²) in [5.74, 6) is 3.04. The second kappa shape index (κ2) is 5.86. The smallest absolute Gasteiger partial charge is 0.135 e. The Hall–Kier alpha value is -0.870. The first kappa shape index (κ1) is 14.1. The average Bonchev–Trinajstić information content (AvgIpc) is 3.14. The normalized spacial score (nSPS) is 23.5. The zero-order valence-corrected chi connectivity index (χ0v) is 13.0. The van der Waals surface area contributed by atoms with Crippen molar-refractivity contribution in [3.8, 4) is 0 Å². The fourth-order valence-electron chi connectivity index (χ4n) is 2.80. The molecule has 0 aromatic carbocycles. The molecule has 1 aromatic heterocycles. The van der Waals surface area contributed by atoms with Gasteiger partial charge in [-0.05, 0) is 45.6 Å². The van der Waals surface area contributed by atoms with Gasteiger partial charge in [0, 0.05) is 31.1 Å². The predicted molar refractivity (Wildman–Crippen MR) is 82.3 cm³/mol. The summed E-state index contributed by atoms with van der Waals surface area (Å²) in [4.78, 5) is 11.4. The van der Waals surface area contributed by atoms with E-state index >= 15 is 0 Å². The van der Waals surface area contributed by atoms with Crippen LogP contribution in [0, 0.1) is 5.92 Å². The van der Waals surface area contributed by atoms with Crippen molar-refractivity contribution in [1.82, 2.24) is 14.9 Å². The maximum Gasteiger partial charge on any atom is 0.135 e. The lowest BCUT2D eigenvalue weighted by Crippen LogP contribution is -2.29. The molecular weight excluding hydrogens is 272 g/mol. The molecule has 4 nitrogen and oxygen atoms in total. The van der Waals surface area contributed by atoms with Crippen LogP contribution in [0.4, 0.5) is 5.82 Å². The molecule has 0 spiro atoms. The number of rotatable bonds is 5. The summed E-state index contributed by atoms with van der Waals surface area (Å²) in [5, 5.41) is 4.00. The molecule has 0 amide bonds. The minimum Gasteiger partial charge on any atom is -0.370 e. The molecule has 3 rings (SSSR count). The monoisotopic (exact) mass is 294 g/mol. The third-order valence-corrected chi connectivity index (χ3v) is 4.47. The quantitative estimate of drug-likeness (QED) is 0.847. The first-order chi connectivity index (χ1) is 9.61. The van der Waals surface area contributed by atoms with E-state index < -0.39 is 0 Å². The molecule has 2 heterocycles. The Bertz CT molecular complexity index is 473. The van der Waals surface area contributed by atoms with Crippen molar-refractivity contribution in [1.29, 1.82) is 0 Å². The number of likely N-dealkylation sites (tertiary alicyclic amines) is 1. The van der Waals surface area contributed by atoms with Gasteiger partial charge >= 0.3 is 0 Å². The SMILES string of the molecule is CC(C)N1CCC(CNc2cc(Cl)nc(C3CC3)n2)C1. The van der Waals surface area contributed by atoms with Crippen LogP contribution < -0.4 is 5.32 Å². The van der Waals surface area contributed by atoms with Gasteiger partial charge in [-0.2, -0.15) is 0 Å². The molecule has 1 N–H and O–H groups in total. The van der Waals surface area contributed by atoms with Crippen LogP contribution in [0.15, 0.2) is 6.07 Å². The second-order valence-electron chi connectivity index (χ2n) is 6.33. The fraction of sp³-hybridized carbons (Fsp3) is 0.733. The summed E-state index contributed by atoms with van der Waals surface area (Å²) in [5.41, 5.74) is 0. The van der Waals surface area contributed by atoms with Gasteiger partial charge in [0.2, 0.25) is 0 Å². The Morgan fingerprint density at radius 3 is 2.80 bits per heavy atom. The summed E-state index contributed by atoms with van der Waals surface area (Å²) in [6, 6.07) is 2.48. The Morgan fingerprint density at radius 1 is 1.35 bits per heavy atom. The molecule has 1 saturated carbocycles. The molecule has 0 radical (unpaired) electrons. The Kier molecular flexibility index (Phi) is 4.13. The minimum atomic E-state index is 0.539. The number of nitrogens with zero attached hydrogens (tertiary/aromatic N) is 3. The molecule has 1 aromatic rings.